The van der Waals surface area contributed by atoms with E-state index in [0.717, 1.165) is 0 Å². The molecule has 11 heavy (non-hydrogen) atoms. The molecular weight excluding hydrogens is 139 g/mol. The largest absolute Gasteiger partial charge is 0.460 e. The minimum absolute atomic E-state index is 0.201. The first-order valence-electron chi connectivity index (χ1n) is 3.99. The fourth-order valence-electron chi connectivity index (χ4n) is 0.512. The van der Waals surface area contributed by atoms with E-state index in [0.29, 0.717) is 0 Å². The first kappa shape index (κ1) is 11.0. The summed E-state index contributed by atoms with van der Waals surface area (Å²) >= 11 is 0. The van der Waals surface area contributed by atoms with Crippen LogP contribution in [-0.2, 0) is 4.65 Å². The third-order valence-electron chi connectivity index (χ3n) is 1.21. The van der Waals surface area contributed by atoms with Crippen molar-refractivity contribution in [1.82, 2.24) is 0 Å². The fourth-order valence-corrected chi connectivity index (χ4v) is 0.512. The van der Waals surface area contributed by atoms with Gasteiger partial charge >= 0.3 is 7.12 Å². The van der Waals surface area contributed by atoms with Gasteiger partial charge in [-0.25, -0.2) is 0 Å². The van der Waals surface area contributed by atoms with Crippen molar-refractivity contribution >= 4 is 7.12 Å². The SMILES string of the molecule is CC(C)(C)OB(O)C(C)(C)C. The molecule has 0 aliphatic rings. The zero-order valence-corrected chi connectivity index (χ0v) is 8.43. The molecule has 0 heterocycles. The van der Waals surface area contributed by atoms with Gasteiger partial charge in [0.1, 0.15) is 0 Å². The third kappa shape index (κ3) is 5.28. The molecular formula is C8H19BO2. The van der Waals surface area contributed by atoms with Gasteiger partial charge in [-0.1, -0.05) is 20.8 Å². The molecule has 0 aromatic heterocycles. The summed E-state index contributed by atoms with van der Waals surface area (Å²) in [5.74, 6) is 0. The topological polar surface area (TPSA) is 29.5 Å². The highest BCUT2D eigenvalue weighted by Crippen LogP contribution is 2.28. The van der Waals surface area contributed by atoms with Crippen molar-refractivity contribution in [3.05, 3.63) is 0 Å². The molecule has 1 N–H and O–H groups in total. The molecule has 0 saturated heterocycles. The Bertz CT molecular complexity index is 121. The van der Waals surface area contributed by atoms with Crippen LogP contribution in [-0.4, -0.2) is 17.7 Å². The second kappa shape index (κ2) is 3.15. The predicted molar refractivity (Wildman–Crippen MR) is 48.5 cm³/mol. The van der Waals surface area contributed by atoms with Gasteiger partial charge in [-0.15, -0.1) is 0 Å². The Morgan fingerprint density at radius 1 is 1.00 bits per heavy atom. The van der Waals surface area contributed by atoms with E-state index in [9.17, 15) is 5.02 Å². The average Bonchev–Trinajstić information content (AvgIpc) is 1.56. The van der Waals surface area contributed by atoms with Crippen LogP contribution < -0.4 is 0 Å². The molecule has 0 atom stereocenters. The summed E-state index contributed by atoms with van der Waals surface area (Å²) in [6.07, 6.45) is 0. The highest BCUT2D eigenvalue weighted by molar-refractivity contribution is 6.46. The van der Waals surface area contributed by atoms with Gasteiger partial charge in [0.15, 0.2) is 0 Å². The second-order valence-corrected chi connectivity index (χ2v) is 4.95. The molecule has 0 amide bonds. The normalized spacial score (nSPS) is 13.4. The summed E-state index contributed by atoms with van der Waals surface area (Å²) < 4.78 is 5.36. The first-order valence-corrected chi connectivity index (χ1v) is 3.99. The van der Waals surface area contributed by atoms with Gasteiger partial charge < -0.3 is 9.68 Å². The van der Waals surface area contributed by atoms with Crippen molar-refractivity contribution in [1.29, 1.82) is 0 Å². The molecule has 3 heteroatoms. The van der Waals surface area contributed by atoms with E-state index in [-0.39, 0.29) is 10.9 Å². The summed E-state index contributed by atoms with van der Waals surface area (Å²) in [6, 6.07) is 0. The monoisotopic (exact) mass is 158 g/mol. The quantitative estimate of drug-likeness (QED) is 0.592. The van der Waals surface area contributed by atoms with Gasteiger partial charge in [0.25, 0.3) is 0 Å². The Morgan fingerprint density at radius 2 is 1.36 bits per heavy atom. The molecule has 2 nitrogen and oxygen atoms in total. The molecule has 0 fully saturated rings. The van der Waals surface area contributed by atoms with E-state index in [2.05, 4.69) is 0 Å². The molecule has 66 valence electrons. The molecule has 0 radical (unpaired) electrons. The zero-order chi connectivity index (χ0) is 9.28. The molecule has 0 unspecified atom stereocenters. The van der Waals surface area contributed by atoms with E-state index >= 15 is 0 Å². The van der Waals surface area contributed by atoms with Gasteiger partial charge in [0.2, 0.25) is 0 Å². The van der Waals surface area contributed by atoms with Crippen molar-refractivity contribution in [2.24, 2.45) is 0 Å². The fraction of sp³-hybridized carbons (Fsp3) is 1.00. The van der Waals surface area contributed by atoms with E-state index in [1.54, 1.807) is 0 Å². The molecule has 0 aromatic rings. The lowest BCUT2D eigenvalue weighted by molar-refractivity contribution is 0.0911. The minimum Gasteiger partial charge on any atom is -0.427 e. The Balaban J connectivity index is 3.99. The molecule has 0 spiro atoms. The number of hydrogen-bond donors (Lipinski definition) is 1. The zero-order valence-electron chi connectivity index (χ0n) is 8.43. The maximum Gasteiger partial charge on any atom is 0.460 e. The van der Waals surface area contributed by atoms with Crippen LogP contribution in [0.2, 0.25) is 5.31 Å². The Kier molecular flexibility index (Phi) is 3.15. The molecule has 0 rings (SSSR count). The van der Waals surface area contributed by atoms with Crippen molar-refractivity contribution < 1.29 is 9.68 Å². The smallest absolute Gasteiger partial charge is 0.427 e. The highest BCUT2D eigenvalue weighted by Gasteiger charge is 2.33. The van der Waals surface area contributed by atoms with Crippen molar-refractivity contribution in [3.8, 4) is 0 Å². The van der Waals surface area contributed by atoms with Crippen LogP contribution in [0.3, 0.4) is 0 Å². The van der Waals surface area contributed by atoms with Gasteiger partial charge in [-0.2, -0.15) is 0 Å². The Hall–Kier alpha value is -0.0151. The predicted octanol–water partition coefficient (Wildman–Crippen LogP) is 2.08. The minimum atomic E-state index is -0.692. The lowest BCUT2D eigenvalue weighted by Crippen LogP contribution is -2.37. The molecule has 0 aliphatic carbocycles. The summed E-state index contributed by atoms with van der Waals surface area (Å²) in [5, 5.41) is 9.30. The Labute approximate surface area is 70.1 Å². The standard InChI is InChI=1S/C8H19BO2/c1-7(2,3)9(10)11-8(4,5)6/h10H,1-6H3. The Morgan fingerprint density at radius 3 is 1.45 bits per heavy atom. The van der Waals surface area contributed by atoms with Crippen molar-refractivity contribution in [3.63, 3.8) is 0 Å². The van der Waals surface area contributed by atoms with Gasteiger partial charge in [-0.05, 0) is 26.1 Å². The van der Waals surface area contributed by atoms with Crippen LogP contribution in [0.5, 0.6) is 0 Å². The highest BCUT2D eigenvalue weighted by atomic mass is 16.5. The third-order valence-corrected chi connectivity index (χ3v) is 1.21. The van der Waals surface area contributed by atoms with Crippen LogP contribution >= 0.6 is 0 Å². The molecule has 0 bridgehead atoms. The lowest BCUT2D eigenvalue weighted by Gasteiger charge is -2.29. The van der Waals surface area contributed by atoms with Gasteiger partial charge in [-0.3, -0.25) is 0 Å². The van der Waals surface area contributed by atoms with Gasteiger partial charge in [0.05, 0.1) is 0 Å². The van der Waals surface area contributed by atoms with Crippen LogP contribution in [0.15, 0.2) is 0 Å². The van der Waals surface area contributed by atoms with Crippen LogP contribution in [0.25, 0.3) is 0 Å². The first-order chi connectivity index (χ1) is 4.63. The molecule has 0 saturated carbocycles. The van der Waals surface area contributed by atoms with E-state index in [1.165, 1.54) is 0 Å². The average molecular weight is 158 g/mol. The summed E-state index contributed by atoms with van der Waals surface area (Å²) in [5.41, 5.74) is -0.271. The van der Waals surface area contributed by atoms with E-state index in [1.807, 2.05) is 41.5 Å². The van der Waals surface area contributed by atoms with Crippen molar-refractivity contribution in [2.45, 2.75) is 52.5 Å². The van der Waals surface area contributed by atoms with Crippen LogP contribution in [0.4, 0.5) is 0 Å². The molecule has 0 aliphatic heterocycles. The second-order valence-electron chi connectivity index (χ2n) is 4.95. The van der Waals surface area contributed by atoms with E-state index < -0.39 is 7.12 Å². The van der Waals surface area contributed by atoms with Gasteiger partial charge in [0, 0.05) is 5.60 Å². The van der Waals surface area contributed by atoms with Crippen molar-refractivity contribution in [2.75, 3.05) is 0 Å². The number of hydrogen-bond acceptors (Lipinski definition) is 2. The lowest BCUT2D eigenvalue weighted by atomic mass is 9.61. The van der Waals surface area contributed by atoms with Crippen LogP contribution in [0, 0.1) is 0 Å². The van der Waals surface area contributed by atoms with Crippen LogP contribution in [0.1, 0.15) is 41.5 Å². The number of rotatable bonds is 1. The summed E-state index contributed by atoms with van der Waals surface area (Å²) in [7, 11) is -0.692. The molecule has 0 aromatic carbocycles. The maximum absolute atomic E-state index is 9.50. The van der Waals surface area contributed by atoms with E-state index in [4.69, 9.17) is 4.65 Å². The maximum atomic E-state index is 9.50. The summed E-state index contributed by atoms with van der Waals surface area (Å²) in [6.45, 7) is 11.6. The summed E-state index contributed by atoms with van der Waals surface area (Å²) in [4.78, 5) is 0.